The van der Waals surface area contributed by atoms with E-state index in [0.29, 0.717) is 29.7 Å². The molecule has 3 aromatic rings. The number of halogens is 19. The van der Waals surface area contributed by atoms with Gasteiger partial charge in [0.25, 0.3) is 0 Å². The molecule has 354 valence electrons. The number of benzene rings is 3. The van der Waals surface area contributed by atoms with E-state index in [2.05, 4.69) is 11.7 Å². The van der Waals surface area contributed by atoms with Gasteiger partial charge in [0.2, 0.25) is 0 Å². The number of alkyl halides is 17. The molecular formula is C41H39F19O3. The average molecular weight is 941 g/mol. The van der Waals surface area contributed by atoms with Crippen LogP contribution < -0.4 is 4.74 Å². The normalized spacial score (nSPS) is 13.7. The van der Waals surface area contributed by atoms with Crippen LogP contribution in [0.15, 0.2) is 60.7 Å². The van der Waals surface area contributed by atoms with Crippen LogP contribution in [-0.2, 0) is 16.0 Å². The standard InChI is InChI=1S/C41H39F19O3/c1-2-3-4-7-10-25-12-14-26(15-13-25)29-20-21-30(33(43)32(29)42)27-16-18-28(19-17-27)62-23-9-6-5-8-11-31(61)63-24-22-34(44,45)35(46,47)36(48,49)37(50,51)38(52,53)39(54,55)40(56,57)41(58,59)60/h12-21H,2-11,22-24H2,1H3. The summed E-state index contributed by atoms with van der Waals surface area (Å²) in [5.74, 6) is -60.3. The lowest BCUT2D eigenvalue weighted by Crippen LogP contribution is -2.74. The second kappa shape index (κ2) is 20.2. The first kappa shape index (κ1) is 52.9. The third-order valence-corrected chi connectivity index (χ3v) is 9.84. The van der Waals surface area contributed by atoms with Gasteiger partial charge in [-0.1, -0.05) is 87.6 Å². The minimum absolute atomic E-state index is 0.00177. The molecule has 0 spiro atoms. The van der Waals surface area contributed by atoms with Gasteiger partial charge in [0.1, 0.15) is 5.75 Å². The van der Waals surface area contributed by atoms with Crippen LogP contribution in [0.3, 0.4) is 0 Å². The van der Waals surface area contributed by atoms with Gasteiger partial charge >= 0.3 is 53.6 Å². The molecule has 0 heterocycles. The lowest BCUT2D eigenvalue weighted by molar-refractivity contribution is -0.461. The second-order valence-corrected chi connectivity index (χ2v) is 14.5. The number of hydrogen-bond acceptors (Lipinski definition) is 3. The third-order valence-electron chi connectivity index (χ3n) is 9.84. The molecule has 0 aliphatic carbocycles. The van der Waals surface area contributed by atoms with Crippen molar-refractivity contribution in [1.29, 1.82) is 0 Å². The molecule has 0 bridgehead atoms. The van der Waals surface area contributed by atoms with E-state index in [1.54, 1.807) is 12.1 Å². The third kappa shape index (κ3) is 11.1. The molecule has 0 saturated carbocycles. The topological polar surface area (TPSA) is 35.5 Å². The number of carbonyl (C=O) groups is 1. The first-order valence-corrected chi connectivity index (χ1v) is 19.1. The predicted octanol–water partition coefficient (Wildman–Crippen LogP) is 14.7. The van der Waals surface area contributed by atoms with Crippen LogP contribution in [0.2, 0.25) is 0 Å². The van der Waals surface area contributed by atoms with Crippen molar-refractivity contribution < 1.29 is 97.7 Å². The Bertz CT molecular complexity index is 1940. The van der Waals surface area contributed by atoms with Crippen LogP contribution in [-0.4, -0.2) is 66.8 Å². The smallest absolute Gasteiger partial charge is 0.460 e. The summed E-state index contributed by atoms with van der Waals surface area (Å²) in [4.78, 5) is 11.8. The summed E-state index contributed by atoms with van der Waals surface area (Å²) in [6, 6.07) is 16.1. The van der Waals surface area contributed by atoms with E-state index in [-0.39, 0.29) is 30.6 Å². The van der Waals surface area contributed by atoms with Crippen molar-refractivity contribution in [2.24, 2.45) is 0 Å². The zero-order valence-corrected chi connectivity index (χ0v) is 32.9. The number of hydrogen-bond donors (Lipinski definition) is 0. The number of carbonyl (C=O) groups excluding carboxylic acids is 1. The molecule has 0 radical (unpaired) electrons. The number of aryl methyl sites for hydroxylation is 1. The molecule has 63 heavy (non-hydrogen) atoms. The zero-order valence-electron chi connectivity index (χ0n) is 32.9. The second-order valence-electron chi connectivity index (χ2n) is 14.5. The van der Waals surface area contributed by atoms with E-state index in [1.807, 2.05) is 12.1 Å². The Morgan fingerprint density at radius 3 is 1.43 bits per heavy atom. The number of ether oxygens (including phenoxy) is 2. The van der Waals surface area contributed by atoms with Gasteiger partial charge in [-0.05, 0) is 54.5 Å². The first-order valence-electron chi connectivity index (χ1n) is 19.1. The number of rotatable bonds is 24. The molecule has 0 unspecified atom stereocenters. The molecule has 0 atom stereocenters. The van der Waals surface area contributed by atoms with Crippen LogP contribution in [0.5, 0.6) is 5.75 Å². The maximum Gasteiger partial charge on any atom is 0.460 e. The van der Waals surface area contributed by atoms with Crippen LogP contribution in [0.25, 0.3) is 22.3 Å². The van der Waals surface area contributed by atoms with E-state index >= 15 is 8.78 Å². The Morgan fingerprint density at radius 2 is 0.937 bits per heavy atom. The van der Waals surface area contributed by atoms with Crippen molar-refractivity contribution in [2.75, 3.05) is 13.2 Å². The lowest BCUT2D eigenvalue weighted by Gasteiger charge is -2.42. The molecule has 3 rings (SSSR count). The Kier molecular flexibility index (Phi) is 17.0. The predicted molar refractivity (Wildman–Crippen MR) is 190 cm³/mol. The molecule has 0 N–H and O–H groups in total. The summed E-state index contributed by atoms with van der Waals surface area (Å²) >= 11 is 0. The van der Waals surface area contributed by atoms with Crippen molar-refractivity contribution in [2.45, 2.75) is 125 Å². The Morgan fingerprint density at radius 1 is 0.492 bits per heavy atom. The highest BCUT2D eigenvalue weighted by atomic mass is 19.4. The fourth-order valence-electron chi connectivity index (χ4n) is 5.97. The van der Waals surface area contributed by atoms with Crippen molar-refractivity contribution >= 4 is 5.97 Å². The van der Waals surface area contributed by atoms with E-state index in [0.717, 1.165) is 37.7 Å². The molecule has 0 aliphatic heterocycles. The van der Waals surface area contributed by atoms with Crippen molar-refractivity contribution in [3.63, 3.8) is 0 Å². The quantitative estimate of drug-likeness (QED) is 0.0510. The first-order chi connectivity index (χ1) is 28.9. The van der Waals surface area contributed by atoms with Crippen LogP contribution in [0.4, 0.5) is 83.4 Å². The van der Waals surface area contributed by atoms with Gasteiger partial charge in [-0.2, -0.15) is 74.6 Å². The van der Waals surface area contributed by atoms with Crippen molar-refractivity contribution in [3.05, 3.63) is 77.9 Å². The molecule has 0 aliphatic rings. The fourth-order valence-corrected chi connectivity index (χ4v) is 5.97. The monoisotopic (exact) mass is 940 g/mol. The molecule has 0 amide bonds. The summed E-state index contributed by atoms with van der Waals surface area (Å²) in [5, 5.41) is 0. The van der Waals surface area contributed by atoms with Crippen molar-refractivity contribution in [3.8, 4) is 28.0 Å². The Balaban J connectivity index is 1.44. The molecule has 22 heteroatoms. The summed E-state index contributed by atoms with van der Waals surface area (Å²) in [6.07, 6.45) is -5.22. The maximum atomic E-state index is 15.2. The van der Waals surface area contributed by atoms with Gasteiger partial charge in [0, 0.05) is 17.5 Å². The fraction of sp³-hybridized carbons (Fsp3) is 0.537. The summed E-state index contributed by atoms with van der Waals surface area (Å²) in [7, 11) is 0. The highest BCUT2D eigenvalue weighted by Gasteiger charge is 2.95. The lowest BCUT2D eigenvalue weighted by atomic mass is 9.88. The van der Waals surface area contributed by atoms with Crippen LogP contribution in [0, 0.1) is 11.6 Å². The molecule has 0 fully saturated rings. The SMILES string of the molecule is CCCCCCc1ccc(-c2ccc(-c3ccc(OCCCCCCC(=O)OCCC(F)(F)C(F)(F)C(F)(F)C(F)(F)C(F)(F)C(F)(F)C(F)(F)C(F)(F)F)cc3)c(F)c2F)cc1. The van der Waals surface area contributed by atoms with Crippen LogP contribution in [0.1, 0.15) is 76.7 Å². The van der Waals surface area contributed by atoms with Gasteiger partial charge < -0.3 is 9.47 Å². The van der Waals surface area contributed by atoms with E-state index in [9.17, 15) is 79.4 Å². The molecule has 0 aromatic heterocycles. The van der Waals surface area contributed by atoms with Gasteiger partial charge in [0.05, 0.1) is 19.6 Å². The molecular weight excluding hydrogens is 901 g/mol. The van der Waals surface area contributed by atoms with E-state index in [4.69, 9.17) is 4.74 Å². The molecule has 3 aromatic carbocycles. The largest absolute Gasteiger partial charge is 0.494 e. The molecule has 3 nitrogen and oxygen atoms in total. The minimum Gasteiger partial charge on any atom is -0.494 e. The van der Waals surface area contributed by atoms with Crippen LogP contribution >= 0.6 is 0 Å². The molecule has 0 saturated heterocycles. The summed E-state index contributed by atoms with van der Waals surface area (Å²) < 4.78 is 268. The summed E-state index contributed by atoms with van der Waals surface area (Å²) in [5.41, 5.74) is 2.05. The number of unbranched alkanes of at least 4 members (excludes halogenated alkanes) is 6. The summed E-state index contributed by atoms with van der Waals surface area (Å²) in [6.45, 7) is 0.222. The maximum absolute atomic E-state index is 15.2. The minimum atomic E-state index is -8.72. The Labute approximate surface area is 347 Å². The van der Waals surface area contributed by atoms with E-state index in [1.165, 1.54) is 36.4 Å². The zero-order chi connectivity index (χ0) is 47.9. The van der Waals surface area contributed by atoms with Gasteiger partial charge in [-0.15, -0.1) is 0 Å². The highest BCUT2D eigenvalue weighted by molar-refractivity contribution is 5.72. The Hall–Kier alpha value is -4.40. The van der Waals surface area contributed by atoms with Gasteiger partial charge in [0.15, 0.2) is 11.6 Å². The van der Waals surface area contributed by atoms with E-state index < -0.39 is 84.7 Å². The number of esters is 1. The average Bonchev–Trinajstić information content (AvgIpc) is 3.19. The van der Waals surface area contributed by atoms with Gasteiger partial charge in [-0.25, -0.2) is 8.78 Å². The highest BCUT2D eigenvalue weighted by Crippen LogP contribution is 2.64. The van der Waals surface area contributed by atoms with Gasteiger partial charge in [-0.3, -0.25) is 4.79 Å². The van der Waals surface area contributed by atoms with Crippen molar-refractivity contribution in [1.82, 2.24) is 0 Å².